The fourth-order valence-corrected chi connectivity index (χ4v) is 3.39. The number of hydrogen-bond donors (Lipinski definition) is 1. The Hall–Kier alpha value is -2.19. The summed E-state index contributed by atoms with van der Waals surface area (Å²) in [5.74, 6) is 1.98. The summed E-state index contributed by atoms with van der Waals surface area (Å²) in [4.78, 5) is 13.7. The molecule has 2 saturated heterocycles. The van der Waals surface area contributed by atoms with Crippen molar-refractivity contribution in [1.29, 1.82) is 0 Å². The van der Waals surface area contributed by atoms with Gasteiger partial charge >= 0.3 is 0 Å². The number of ether oxygens (including phenoxy) is 1. The number of β-amino-alcohol motifs (C(OH)–C–C–N with tert-alkyl or cyclic N) is 1. The number of rotatable bonds is 7. The average molecular weight is 358 g/mol. The normalized spacial score (nSPS) is 20.4. The van der Waals surface area contributed by atoms with Crippen LogP contribution < -0.4 is 9.80 Å². The van der Waals surface area contributed by atoms with Gasteiger partial charge in [-0.3, -0.25) is 4.68 Å². The molecule has 0 spiro atoms. The molecule has 0 saturated carbocycles. The van der Waals surface area contributed by atoms with Crippen LogP contribution >= 0.6 is 0 Å². The van der Waals surface area contributed by atoms with Crippen LogP contribution in [0.5, 0.6) is 0 Å². The molecule has 4 rings (SSSR count). The first-order valence-electron chi connectivity index (χ1n) is 9.27. The molecule has 26 heavy (non-hydrogen) atoms. The summed E-state index contributed by atoms with van der Waals surface area (Å²) in [6.07, 6.45) is 5.50. The van der Waals surface area contributed by atoms with Gasteiger partial charge in [-0.2, -0.15) is 10.1 Å². The summed E-state index contributed by atoms with van der Waals surface area (Å²) in [5.41, 5.74) is 1.04. The summed E-state index contributed by atoms with van der Waals surface area (Å²) >= 11 is 0. The van der Waals surface area contributed by atoms with Gasteiger partial charge in [-0.05, 0) is 18.9 Å². The molecule has 8 nitrogen and oxygen atoms in total. The van der Waals surface area contributed by atoms with Gasteiger partial charge in [0.15, 0.2) is 0 Å². The van der Waals surface area contributed by atoms with E-state index >= 15 is 0 Å². The molecule has 2 aromatic heterocycles. The number of aliphatic hydroxyl groups excluding tert-OH is 1. The average Bonchev–Trinajstić information content (AvgIpc) is 3.32. The molecule has 0 aliphatic carbocycles. The standard InChI is InChI=1S/C18H26N6O2/c1-22(6-3-8-24-7-2-5-19-24)17-10-16(14-4-9-26-13-14)20-18(21-17)23-11-15(25)12-23/h2,5,7,10,14-15,25H,3-4,6,8-9,11-13H2,1H3/t14-/m0/s1. The van der Waals surface area contributed by atoms with Crippen molar-refractivity contribution in [2.75, 3.05) is 49.7 Å². The molecule has 2 aliphatic rings. The molecule has 2 aliphatic heterocycles. The minimum absolute atomic E-state index is 0.271. The monoisotopic (exact) mass is 358 g/mol. The van der Waals surface area contributed by atoms with Crippen LogP contribution in [0.4, 0.5) is 11.8 Å². The molecule has 0 radical (unpaired) electrons. The zero-order valence-corrected chi connectivity index (χ0v) is 15.2. The second-order valence-electron chi connectivity index (χ2n) is 7.11. The van der Waals surface area contributed by atoms with Gasteiger partial charge in [-0.1, -0.05) is 0 Å². The molecule has 4 heterocycles. The molecule has 1 N–H and O–H groups in total. The Labute approximate surface area is 153 Å². The number of aromatic nitrogens is 4. The summed E-state index contributed by atoms with van der Waals surface area (Å²) in [6.45, 7) is 4.50. The Bertz CT molecular complexity index is 710. The Balaban J connectivity index is 1.47. The van der Waals surface area contributed by atoms with E-state index in [0.29, 0.717) is 25.0 Å². The molecule has 8 heteroatoms. The third-order valence-electron chi connectivity index (χ3n) is 5.04. The van der Waals surface area contributed by atoms with Crippen LogP contribution in [0.15, 0.2) is 24.5 Å². The first-order chi connectivity index (χ1) is 12.7. The predicted molar refractivity (Wildman–Crippen MR) is 98.5 cm³/mol. The summed E-state index contributed by atoms with van der Waals surface area (Å²) in [6, 6.07) is 4.03. The minimum atomic E-state index is -0.271. The maximum Gasteiger partial charge on any atom is 0.227 e. The van der Waals surface area contributed by atoms with E-state index in [4.69, 9.17) is 14.7 Å². The Kier molecular flexibility index (Phi) is 5.03. The lowest BCUT2D eigenvalue weighted by Crippen LogP contribution is -2.51. The van der Waals surface area contributed by atoms with E-state index in [-0.39, 0.29) is 6.10 Å². The minimum Gasteiger partial charge on any atom is -0.389 e. The van der Waals surface area contributed by atoms with Crippen LogP contribution in [0, 0.1) is 0 Å². The largest absolute Gasteiger partial charge is 0.389 e. The van der Waals surface area contributed by atoms with E-state index in [1.54, 1.807) is 6.20 Å². The fraction of sp³-hybridized carbons (Fsp3) is 0.611. The van der Waals surface area contributed by atoms with Crippen molar-refractivity contribution >= 4 is 11.8 Å². The van der Waals surface area contributed by atoms with E-state index in [2.05, 4.69) is 23.1 Å². The highest BCUT2D eigenvalue weighted by Crippen LogP contribution is 2.29. The number of aryl methyl sites for hydroxylation is 1. The Morgan fingerprint density at radius 3 is 2.92 bits per heavy atom. The first-order valence-corrected chi connectivity index (χ1v) is 9.27. The van der Waals surface area contributed by atoms with E-state index in [0.717, 1.165) is 50.7 Å². The fourth-order valence-electron chi connectivity index (χ4n) is 3.39. The van der Waals surface area contributed by atoms with E-state index in [9.17, 15) is 5.11 Å². The molecule has 0 amide bonds. The zero-order valence-electron chi connectivity index (χ0n) is 15.2. The third kappa shape index (κ3) is 3.81. The first kappa shape index (κ1) is 17.2. The van der Waals surface area contributed by atoms with Gasteiger partial charge in [0.25, 0.3) is 0 Å². The molecule has 0 bridgehead atoms. The Morgan fingerprint density at radius 2 is 2.23 bits per heavy atom. The maximum atomic E-state index is 9.61. The van der Waals surface area contributed by atoms with Crippen molar-refractivity contribution in [3.8, 4) is 0 Å². The number of nitrogens with zero attached hydrogens (tertiary/aromatic N) is 6. The lowest BCUT2D eigenvalue weighted by molar-refractivity contribution is 0.140. The second kappa shape index (κ2) is 7.59. The number of hydrogen-bond acceptors (Lipinski definition) is 7. The summed E-state index contributed by atoms with van der Waals surface area (Å²) in [5, 5.41) is 13.9. The van der Waals surface area contributed by atoms with Crippen molar-refractivity contribution in [2.24, 2.45) is 0 Å². The van der Waals surface area contributed by atoms with Gasteiger partial charge in [0.1, 0.15) is 5.82 Å². The van der Waals surface area contributed by atoms with Gasteiger partial charge in [-0.15, -0.1) is 0 Å². The molecule has 2 aromatic rings. The Morgan fingerprint density at radius 1 is 1.35 bits per heavy atom. The van der Waals surface area contributed by atoms with Crippen molar-refractivity contribution in [2.45, 2.75) is 31.4 Å². The van der Waals surface area contributed by atoms with Gasteiger partial charge in [0.2, 0.25) is 5.95 Å². The third-order valence-corrected chi connectivity index (χ3v) is 5.04. The highest BCUT2D eigenvalue weighted by atomic mass is 16.5. The molecular weight excluding hydrogens is 332 g/mol. The lowest BCUT2D eigenvalue weighted by Gasteiger charge is -2.36. The zero-order chi connectivity index (χ0) is 17.9. The van der Waals surface area contributed by atoms with Gasteiger partial charge in [0.05, 0.1) is 18.4 Å². The van der Waals surface area contributed by atoms with E-state index in [1.807, 2.05) is 21.8 Å². The number of aliphatic hydroxyl groups is 1. The van der Waals surface area contributed by atoms with Crippen molar-refractivity contribution in [1.82, 2.24) is 19.7 Å². The van der Waals surface area contributed by atoms with E-state index in [1.165, 1.54) is 0 Å². The smallest absolute Gasteiger partial charge is 0.227 e. The van der Waals surface area contributed by atoms with Crippen molar-refractivity contribution in [3.05, 3.63) is 30.2 Å². The summed E-state index contributed by atoms with van der Waals surface area (Å²) in [7, 11) is 2.06. The van der Waals surface area contributed by atoms with Gasteiger partial charge < -0.3 is 19.6 Å². The summed E-state index contributed by atoms with van der Waals surface area (Å²) < 4.78 is 7.48. The van der Waals surface area contributed by atoms with E-state index < -0.39 is 0 Å². The van der Waals surface area contributed by atoms with Crippen molar-refractivity contribution in [3.63, 3.8) is 0 Å². The highest BCUT2D eigenvalue weighted by molar-refractivity contribution is 5.47. The van der Waals surface area contributed by atoms with Crippen LogP contribution in [-0.2, 0) is 11.3 Å². The molecular formula is C18H26N6O2. The predicted octanol–water partition coefficient (Wildman–Crippen LogP) is 0.884. The van der Waals surface area contributed by atoms with Crippen LogP contribution in [0.2, 0.25) is 0 Å². The topological polar surface area (TPSA) is 79.5 Å². The molecule has 0 aromatic carbocycles. The maximum absolute atomic E-state index is 9.61. The lowest BCUT2D eigenvalue weighted by atomic mass is 10.0. The van der Waals surface area contributed by atoms with Gasteiger partial charge in [0, 0.05) is 64.2 Å². The molecule has 140 valence electrons. The SMILES string of the molecule is CN(CCCn1cccn1)c1cc([C@H]2CCOC2)nc(N2CC(O)C2)n1. The van der Waals surface area contributed by atoms with Crippen molar-refractivity contribution < 1.29 is 9.84 Å². The molecule has 2 fully saturated rings. The highest BCUT2D eigenvalue weighted by Gasteiger charge is 2.29. The van der Waals surface area contributed by atoms with Gasteiger partial charge in [-0.25, -0.2) is 4.98 Å². The quantitative estimate of drug-likeness (QED) is 0.787. The van der Waals surface area contributed by atoms with Crippen LogP contribution in [-0.4, -0.2) is 70.9 Å². The molecule has 0 unspecified atom stereocenters. The van der Waals surface area contributed by atoms with Crippen LogP contribution in [0.3, 0.4) is 0 Å². The van der Waals surface area contributed by atoms with Crippen LogP contribution in [0.25, 0.3) is 0 Å². The molecule has 1 atom stereocenters. The van der Waals surface area contributed by atoms with Crippen LogP contribution in [0.1, 0.15) is 24.5 Å². The number of anilines is 2. The second-order valence-corrected chi connectivity index (χ2v) is 7.11.